The molecule has 7 nitrogen and oxygen atoms in total. The summed E-state index contributed by atoms with van der Waals surface area (Å²) in [4.78, 5) is 42.6. The zero-order valence-electron chi connectivity index (χ0n) is 16.1. The van der Waals surface area contributed by atoms with Crippen LogP contribution in [0.2, 0.25) is 0 Å². The van der Waals surface area contributed by atoms with E-state index in [4.69, 9.17) is 4.74 Å². The first-order valence-corrected chi connectivity index (χ1v) is 9.70. The summed E-state index contributed by atoms with van der Waals surface area (Å²) in [6.45, 7) is 7.24. The fraction of sp³-hybridized carbons (Fsp3) is 0.300. The van der Waals surface area contributed by atoms with Gasteiger partial charge >= 0.3 is 5.97 Å². The molecule has 2 amide bonds. The Morgan fingerprint density at radius 3 is 2.71 bits per heavy atom. The topological polar surface area (TPSA) is 81.5 Å². The van der Waals surface area contributed by atoms with E-state index in [-0.39, 0.29) is 11.5 Å². The van der Waals surface area contributed by atoms with Crippen LogP contribution < -0.4 is 0 Å². The number of carbonyl (C=O) groups excluding carboxylic acids is 3. The minimum absolute atomic E-state index is 0.189. The largest absolute Gasteiger partial charge is 0.464 e. The van der Waals surface area contributed by atoms with Crippen LogP contribution in [-0.2, 0) is 14.3 Å². The van der Waals surface area contributed by atoms with Gasteiger partial charge in [-0.3, -0.25) is 14.5 Å². The number of hydrogen-bond donors (Lipinski definition) is 0. The molecule has 146 valence electrons. The van der Waals surface area contributed by atoms with Crippen LogP contribution in [0.1, 0.15) is 30.8 Å². The number of imide groups is 1. The molecule has 0 N–H and O–H groups in total. The maximum Gasteiger partial charge on any atom is 0.329 e. The highest BCUT2D eigenvalue weighted by Gasteiger charge is 2.41. The summed E-state index contributed by atoms with van der Waals surface area (Å²) < 4.78 is 6.91. The normalized spacial score (nSPS) is 16.7. The van der Waals surface area contributed by atoms with Crippen molar-refractivity contribution in [2.45, 2.75) is 33.7 Å². The molecule has 3 rings (SSSR count). The van der Waals surface area contributed by atoms with Gasteiger partial charge in [0.15, 0.2) is 0 Å². The number of aryl methyl sites for hydroxylation is 1. The van der Waals surface area contributed by atoms with E-state index in [0.717, 1.165) is 39.4 Å². The number of ether oxygens (including phenoxy) is 1. The van der Waals surface area contributed by atoms with E-state index in [2.05, 4.69) is 4.98 Å². The van der Waals surface area contributed by atoms with E-state index < -0.39 is 23.2 Å². The molecule has 1 atom stereocenters. The first-order chi connectivity index (χ1) is 13.3. The van der Waals surface area contributed by atoms with Crippen LogP contribution in [0.15, 0.2) is 35.4 Å². The van der Waals surface area contributed by atoms with Crippen molar-refractivity contribution in [2.24, 2.45) is 0 Å². The average molecular weight is 399 g/mol. The van der Waals surface area contributed by atoms with E-state index in [1.54, 1.807) is 19.2 Å². The van der Waals surface area contributed by atoms with Crippen LogP contribution in [0.5, 0.6) is 0 Å². The first kappa shape index (κ1) is 19.9. The SMILES string of the molecule is CCOC(=O)[C@H](C)N1C(=O)S/C(=C\c2cc(C)n(-c3ccccn3)c2C)C1=O. The van der Waals surface area contributed by atoms with Crippen molar-refractivity contribution in [3.63, 3.8) is 0 Å². The second kappa shape index (κ2) is 8.02. The minimum Gasteiger partial charge on any atom is -0.464 e. The molecule has 28 heavy (non-hydrogen) atoms. The maximum absolute atomic E-state index is 12.7. The van der Waals surface area contributed by atoms with Gasteiger partial charge in [-0.15, -0.1) is 0 Å². The van der Waals surface area contributed by atoms with Gasteiger partial charge in [-0.1, -0.05) is 6.07 Å². The monoisotopic (exact) mass is 399 g/mol. The maximum atomic E-state index is 12.7. The zero-order chi connectivity index (χ0) is 20.4. The smallest absolute Gasteiger partial charge is 0.329 e. The van der Waals surface area contributed by atoms with Gasteiger partial charge in [0.2, 0.25) is 0 Å². The number of amides is 2. The zero-order valence-corrected chi connectivity index (χ0v) is 16.9. The molecule has 1 saturated heterocycles. The molecular formula is C20H21N3O4S. The van der Waals surface area contributed by atoms with Gasteiger partial charge in [0, 0.05) is 17.6 Å². The van der Waals surface area contributed by atoms with Crippen molar-refractivity contribution in [1.29, 1.82) is 0 Å². The Morgan fingerprint density at radius 1 is 1.32 bits per heavy atom. The molecule has 1 fully saturated rings. The molecule has 1 aliphatic rings. The predicted octanol–water partition coefficient (Wildman–Crippen LogP) is 3.48. The standard InChI is InChI=1S/C20H21N3O4S/c1-5-27-19(25)14(4)23-18(24)16(28-20(23)26)11-15-10-12(2)22(13(15)3)17-8-6-7-9-21-17/h6-11,14H,5H2,1-4H3/b16-11-/t14-/m0/s1. The van der Waals surface area contributed by atoms with Gasteiger partial charge in [-0.2, -0.15) is 0 Å². The van der Waals surface area contributed by atoms with Crippen molar-refractivity contribution in [3.8, 4) is 5.82 Å². The Bertz CT molecular complexity index is 965. The molecule has 0 bridgehead atoms. The minimum atomic E-state index is -0.959. The van der Waals surface area contributed by atoms with Gasteiger partial charge in [0.25, 0.3) is 11.1 Å². The number of carbonyl (C=O) groups is 3. The highest BCUT2D eigenvalue weighted by Crippen LogP contribution is 2.35. The van der Waals surface area contributed by atoms with Crippen molar-refractivity contribution in [3.05, 3.63) is 52.3 Å². The third-order valence-electron chi connectivity index (χ3n) is 4.47. The predicted molar refractivity (Wildman–Crippen MR) is 107 cm³/mol. The molecular weight excluding hydrogens is 378 g/mol. The molecule has 8 heteroatoms. The quantitative estimate of drug-likeness (QED) is 0.566. The summed E-state index contributed by atoms with van der Waals surface area (Å²) in [5.74, 6) is -0.307. The fourth-order valence-corrected chi connectivity index (χ4v) is 3.99. The number of thioether (sulfide) groups is 1. The van der Waals surface area contributed by atoms with E-state index in [0.29, 0.717) is 0 Å². The Hall–Kier alpha value is -2.87. The van der Waals surface area contributed by atoms with Crippen molar-refractivity contribution in [1.82, 2.24) is 14.5 Å². The molecule has 0 saturated carbocycles. The Labute approximate surface area is 167 Å². The fourth-order valence-electron chi connectivity index (χ4n) is 3.10. The first-order valence-electron chi connectivity index (χ1n) is 8.89. The third-order valence-corrected chi connectivity index (χ3v) is 5.36. The summed E-state index contributed by atoms with van der Waals surface area (Å²) in [6.07, 6.45) is 3.40. The molecule has 0 spiro atoms. The molecule has 2 aromatic heterocycles. The number of esters is 1. The average Bonchev–Trinajstić information content (AvgIpc) is 3.10. The lowest BCUT2D eigenvalue weighted by molar-refractivity contribution is -0.150. The van der Waals surface area contributed by atoms with E-state index in [1.165, 1.54) is 6.92 Å². The Kier molecular flexibility index (Phi) is 5.69. The summed E-state index contributed by atoms with van der Waals surface area (Å²) in [5, 5.41) is -0.477. The lowest BCUT2D eigenvalue weighted by Gasteiger charge is -2.19. The number of aromatic nitrogens is 2. The molecule has 0 unspecified atom stereocenters. The molecule has 0 aliphatic carbocycles. The van der Waals surface area contributed by atoms with E-state index in [1.807, 2.05) is 42.7 Å². The molecule has 0 aromatic carbocycles. The second-order valence-electron chi connectivity index (χ2n) is 6.33. The van der Waals surface area contributed by atoms with E-state index in [9.17, 15) is 14.4 Å². The third kappa shape index (κ3) is 3.60. The van der Waals surface area contributed by atoms with Crippen LogP contribution in [0.3, 0.4) is 0 Å². The summed E-state index contributed by atoms with van der Waals surface area (Å²) in [5.41, 5.74) is 2.68. The Balaban J connectivity index is 1.92. The van der Waals surface area contributed by atoms with Gasteiger partial charge < -0.3 is 9.30 Å². The van der Waals surface area contributed by atoms with Crippen LogP contribution >= 0.6 is 11.8 Å². The molecule has 0 radical (unpaired) electrons. The highest BCUT2D eigenvalue weighted by molar-refractivity contribution is 8.18. The van der Waals surface area contributed by atoms with Gasteiger partial charge in [-0.25, -0.2) is 9.78 Å². The van der Waals surface area contributed by atoms with Crippen LogP contribution in [0.4, 0.5) is 4.79 Å². The van der Waals surface area contributed by atoms with Gasteiger partial charge in [0.05, 0.1) is 11.5 Å². The summed E-state index contributed by atoms with van der Waals surface area (Å²) in [6, 6.07) is 6.63. The summed E-state index contributed by atoms with van der Waals surface area (Å²) >= 11 is 0.826. The van der Waals surface area contributed by atoms with Crippen LogP contribution in [0, 0.1) is 13.8 Å². The number of hydrogen-bond acceptors (Lipinski definition) is 6. The second-order valence-corrected chi connectivity index (χ2v) is 7.32. The van der Waals surface area contributed by atoms with Gasteiger partial charge in [0.1, 0.15) is 11.9 Å². The Morgan fingerprint density at radius 2 is 2.07 bits per heavy atom. The number of pyridine rings is 1. The molecule has 3 heterocycles. The van der Waals surface area contributed by atoms with Crippen LogP contribution in [0.25, 0.3) is 11.9 Å². The molecule has 1 aliphatic heterocycles. The number of rotatable bonds is 5. The van der Waals surface area contributed by atoms with Crippen molar-refractivity contribution in [2.75, 3.05) is 6.61 Å². The molecule has 2 aromatic rings. The van der Waals surface area contributed by atoms with Crippen molar-refractivity contribution >= 4 is 35.0 Å². The summed E-state index contributed by atoms with van der Waals surface area (Å²) in [7, 11) is 0. The van der Waals surface area contributed by atoms with Crippen molar-refractivity contribution < 1.29 is 19.1 Å². The lowest BCUT2D eigenvalue weighted by Crippen LogP contribution is -2.42. The lowest BCUT2D eigenvalue weighted by atomic mass is 10.2. The van der Waals surface area contributed by atoms with Crippen LogP contribution in [-0.4, -0.2) is 44.2 Å². The van der Waals surface area contributed by atoms with Gasteiger partial charge in [-0.05, 0) is 69.3 Å². The number of nitrogens with zero attached hydrogens (tertiary/aromatic N) is 3. The highest BCUT2D eigenvalue weighted by atomic mass is 32.2. The van der Waals surface area contributed by atoms with E-state index >= 15 is 0 Å².